The highest BCUT2D eigenvalue weighted by molar-refractivity contribution is 7.99. The summed E-state index contributed by atoms with van der Waals surface area (Å²) in [6.45, 7) is 6.45. The molecule has 1 saturated heterocycles. The number of nitrogens with zero attached hydrogens (tertiary/aromatic N) is 5. The average molecular weight is 463 g/mol. The number of pyridine rings is 1. The summed E-state index contributed by atoms with van der Waals surface area (Å²) in [5.74, 6) is 0.967. The summed E-state index contributed by atoms with van der Waals surface area (Å²) in [6, 6.07) is 7.39. The Balaban J connectivity index is 1.55. The number of hydrogen-bond donors (Lipinski definition) is 1. The van der Waals surface area contributed by atoms with E-state index in [0.717, 1.165) is 12.1 Å². The van der Waals surface area contributed by atoms with E-state index in [-0.39, 0.29) is 23.6 Å². The van der Waals surface area contributed by atoms with Crippen LogP contribution >= 0.6 is 23.4 Å². The third-order valence-corrected chi connectivity index (χ3v) is 5.96. The van der Waals surface area contributed by atoms with Gasteiger partial charge < -0.3 is 15.1 Å². The van der Waals surface area contributed by atoms with E-state index in [9.17, 15) is 9.59 Å². The zero-order valence-corrected chi connectivity index (χ0v) is 19.3. The van der Waals surface area contributed by atoms with Crippen LogP contribution in [-0.4, -0.2) is 63.1 Å². The van der Waals surface area contributed by atoms with Gasteiger partial charge in [-0.05, 0) is 25.5 Å². The lowest BCUT2D eigenvalue weighted by atomic mass is 10.1. The van der Waals surface area contributed by atoms with Gasteiger partial charge in [-0.3, -0.25) is 14.6 Å². The van der Waals surface area contributed by atoms with Gasteiger partial charge in [0.2, 0.25) is 11.8 Å². The summed E-state index contributed by atoms with van der Waals surface area (Å²) in [4.78, 5) is 41.5. The molecule has 1 unspecified atom stereocenters. The molecule has 166 valence electrons. The van der Waals surface area contributed by atoms with Crippen LogP contribution in [0, 0.1) is 0 Å². The van der Waals surface area contributed by atoms with E-state index in [4.69, 9.17) is 11.6 Å². The van der Waals surface area contributed by atoms with Crippen LogP contribution in [0.3, 0.4) is 0 Å². The van der Waals surface area contributed by atoms with E-state index >= 15 is 0 Å². The van der Waals surface area contributed by atoms with Crippen LogP contribution in [0.15, 0.2) is 35.6 Å². The number of halogens is 1. The van der Waals surface area contributed by atoms with Crippen LogP contribution in [-0.2, 0) is 16.1 Å². The van der Waals surface area contributed by atoms with E-state index in [1.54, 1.807) is 12.3 Å². The Morgan fingerprint density at radius 2 is 2.13 bits per heavy atom. The van der Waals surface area contributed by atoms with Crippen molar-refractivity contribution in [1.82, 2.24) is 25.2 Å². The molecule has 1 aliphatic rings. The van der Waals surface area contributed by atoms with Gasteiger partial charge in [-0.15, -0.1) is 0 Å². The fourth-order valence-corrected chi connectivity index (χ4v) is 4.29. The molecule has 0 bridgehead atoms. The second kappa shape index (κ2) is 11.3. The predicted molar refractivity (Wildman–Crippen MR) is 122 cm³/mol. The topological polar surface area (TPSA) is 91.3 Å². The number of thioether (sulfide) groups is 1. The van der Waals surface area contributed by atoms with Gasteiger partial charge in [0, 0.05) is 44.4 Å². The van der Waals surface area contributed by atoms with E-state index in [1.807, 2.05) is 36.9 Å². The van der Waals surface area contributed by atoms with Crippen LogP contribution in [0.25, 0.3) is 0 Å². The summed E-state index contributed by atoms with van der Waals surface area (Å²) in [6.07, 6.45) is 3.12. The number of carbonyl (C=O) groups is 2. The number of hydrogen-bond acceptors (Lipinski definition) is 7. The standard InChI is InChI=1S/C21H27ClN6O2S/c1-3-6-20(30)28-10-9-27(13-15(28)2)18-11-17(22)25-21(26-18)31-14-19(29)24-12-16-7-4-5-8-23-16/h4-5,7-8,11,15H,3,6,9-10,12-14H2,1-2H3,(H,24,29). The molecule has 0 spiro atoms. The lowest BCUT2D eigenvalue weighted by molar-refractivity contribution is -0.133. The van der Waals surface area contributed by atoms with Gasteiger partial charge in [0.1, 0.15) is 11.0 Å². The maximum atomic E-state index is 12.3. The molecule has 3 heterocycles. The molecule has 0 radical (unpaired) electrons. The van der Waals surface area contributed by atoms with Crippen molar-refractivity contribution in [2.45, 2.75) is 44.4 Å². The molecule has 8 nitrogen and oxygen atoms in total. The Morgan fingerprint density at radius 1 is 1.29 bits per heavy atom. The molecular formula is C21H27ClN6O2S. The lowest BCUT2D eigenvalue weighted by Crippen LogP contribution is -2.54. The molecule has 3 rings (SSSR count). The number of amides is 2. The normalized spacial score (nSPS) is 16.3. The Bertz CT molecular complexity index is 901. The molecule has 1 atom stereocenters. The van der Waals surface area contributed by atoms with Gasteiger partial charge in [-0.25, -0.2) is 9.97 Å². The molecule has 2 aromatic heterocycles. The highest BCUT2D eigenvalue weighted by atomic mass is 35.5. The summed E-state index contributed by atoms with van der Waals surface area (Å²) in [5.41, 5.74) is 0.799. The molecule has 1 aliphatic heterocycles. The first-order valence-electron chi connectivity index (χ1n) is 10.3. The second-order valence-electron chi connectivity index (χ2n) is 7.35. The molecule has 2 aromatic rings. The monoisotopic (exact) mass is 462 g/mol. The fourth-order valence-electron chi connectivity index (χ4n) is 3.38. The van der Waals surface area contributed by atoms with Crippen molar-refractivity contribution in [3.05, 3.63) is 41.3 Å². The smallest absolute Gasteiger partial charge is 0.230 e. The third-order valence-electron chi connectivity index (χ3n) is 4.92. The van der Waals surface area contributed by atoms with Crippen molar-refractivity contribution in [2.24, 2.45) is 0 Å². The molecule has 10 heteroatoms. The SMILES string of the molecule is CCCC(=O)N1CCN(c2cc(Cl)nc(SCC(=O)NCc3ccccn3)n2)CC1C. The first-order valence-corrected chi connectivity index (χ1v) is 11.7. The van der Waals surface area contributed by atoms with Crippen molar-refractivity contribution >= 4 is 41.0 Å². The predicted octanol–water partition coefficient (Wildman–Crippen LogP) is 2.77. The quantitative estimate of drug-likeness (QED) is 0.366. The van der Waals surface area contributed by atoms with E-state index in [1.165, 1.54) is 11.8 Å². The van der Waals surface area contributed by atoms with Gasteiger partial charge in [0.05, 0.1) is 18.0 Å². The fraction of sp³-hybridized carbons (Fsp3) is 0.476. The van der Waals surface area contributed by atoms with Gasteiger partial charge in [0.15, 0.2) is 5.16 Å². The molecule has 0 saturated carbocycles. The Labute approximate surface area is 191 Å². The van der Waals surface area contributed by atoms with Gasteiger partial charge in [0.25, 0.3) is 0 Å². The number of nitrogens with one attached hydrogen (secondary N) is 1. The molecule has 0 aliphatic carbocycles. The minimum Gasteiger partial charge on any atom is -0.353 e. The Kier molecular flexibility index (Phi) is 8.48. The Morgan fingerprint density at radius 3 is 2.84 bits per heavy atom. The summed E-state index contributed by atoms with van der Waals surface area (Å²) >= 11 is 7.46. The summed E-state index contributed by atoms with van der Waals surface area (Å²) in [7, 11) is 0. The molecule has 31 heavy (non-hydrogen) atoms. The number of aromatic nitrogens is 3. The van der Waals surface area contributed by atoms with Gasteiger partial charge in [-0.2, -0.15) is 0 Å². The molecular weight excluding hydrogens is 436 g/mol. The number of anilines is 1. The van der Waals surface area contributed by atoms with E-state index in [0.29, 0.717) is 48.7 Å². The first kappa shape index (κ1) is 23.3. The van der Waals surface area contributed by atoms with Crippen molar-refractivity contribution in [2.75, 3.05) is 30.3 Å². The van der Waals surface area contributed by atoms with Crippen LogP contribution in [0.5, 0.6) is 0 Å². The van der Waals surface area contributed by atoms with E-state index in [2.05, 4.69) is 25.2 Å². The van der Waals surface area contributed by atoms with Gasteiger partial charge >= 0.3 is 0 Å². The number of piperazine rings is 1. The minimum atomic E-state index is -0.127. The maximum Gasteiger partial charge on any atom is 0.230 e. The average Bonchev–Trinajstić information content (AvgIpc) is 2.76. The number of rotatable bonds is 8. The van der Waals surface area contributed by atoms with Crippen LogP contribution in [0.4, 0.5) is 5.82 Å². The lowest BCUT2D eigenvalue weighted by Gasteiger charge is -2.40. The second-order valence-corrected chi connectivity index (χ2v) is 8.68. The van der Waals surface area contributed by atoms with Crippen molar-refractivity contribution in [3.63, 3.8) is 0 Å². The number of carbonyl (C=O) groups excluding carboxylic acids is 2. The minimum absolute atomic E-state index is 0.0926. The molecule has 1 fully saturated rings. The third kappa shape index (κ3) is 6.80. The van der Waals surface area contributed by atoms with Crippen molar-refractivity contribution < 1.29 is 9.59 Å². The first-order chi connectivity index (χ1) is 15.0. The highest BCUT2D eigenvalue weighted by Crippen LogP contribution is 2.24. The van der Waals surface area contributed by atoms with Crippen LogP contribution in [0.1, 0.15) is 32.4 Å². The van der Waals surface area contributed by atoms with Gasteiger partial charge in [-0.1, -0.05) is 36.4 Å². The summed E-state index contributed by atoms with van der Waals surface area (Å²) in [5, 5.41) is 3.62. The van der Waals surface area contributed by atoms with Crippen LogP contribution < -0.4 is 10.2 Å². The molecule has 1 N–H and O–H groups in total. The largest absolute Gasteiger partial charge is 0.353 e. The van der Waals surface area contributed by atoms with Crippen LogP contribution in [0.2, 0.25) is 5.15 Å². The summed E-state index contributed by atoms with van der Waals surface area (Å²) < 4.78 is 0. The molecule has 2 amide bonds. The van der Waals surface area contributed by atoms with Crippen molar-refractivity contribution in [3.8, 4) is 0 Å². The maximum absolute atomic E-state index is 12.3. The zero-order chi connectivity index (χ0) is 22.2. The molecule has 0 aromatic carbocycles. The highest BCUT2D eigenvalue weighted by Gasteiger charge is 2.28. The van der Waals surface area contributed by atoms with E-state index < -0.39 is 0 Å². The van der Waals surface area contributed by atoms with Crippen molar-refractivity contribution in [1.29, 1.82) is 0 Å². The Hall–Kier alpha value is -2.39. The zero-order valence-electron chi connectivity index (χ0n) is 17.8.